The quantitative estimate of drug-likeness (QED) is 0.481. The fraction of sp³-hybridized carbons (Fsp3) is 0.273. The maximum Gasteiger partial charge on any atom is 0.315 e. The van der Waals surface area contributed by atoms with E-state index in [-0.39, 0.29) is 6.04 Å². The van der Waals surface area contributed by atoms with Crippen molar-refractivity contribution in [1.82, 2.24) is 25.0 Å². The molecular formula is C22H21F2N7O2. The van der Waals surface area contributed by atoms with Gasteiger partial charge in [0.2, 0.25) is 0 Å². The Balaban J connectivity index is 1.61. The lowest BCUT2D eigenvalue weighted by atomic mass is 10.0. The third kappa shape index (κ3) is 4.02. The SMILES string of the molecule is C[C@@H]1COCCN1c1cc(-c2ccc(NC(=O)C(F)F)cc2)c2cnn(-c3ccn[nH]3)c2n1. The topological polar surface area (TPSA) is 101 Å². The molecule has 2 N–H and O–H groups in total. The Labute approximate surface area is 187 Å². The van der Waals surface area contributed by atoms with Crippen molar-refractivity contribution in [2.45, 2.75) is 19.4 Å². The molecule has 1 aliphatic heterocycles. The van der Waals surface area contributed by atoms with E-state index in [2.05, 4.69) is 32.4 Å². The van der Waals surface area contributed by atoms with Crippen molar-refractivity contribution in [3.05, 3.63) is 48.8 Å². The van der Waals surface area contributed by atoms with Crippen LogP contribution < -0.4 is 10.2 Å². The highest BCUT2D eigenvalue weighted by atomic mass is 19.3. The van der Waals surface area contributed by atoms with Gasteiger partial charge < -0.3 is 15.0 Å². The molecular weight excluding hydrogens is 432 g/mol. The maximum absolute atomic E-state index is 12.6. The number of aromatic nitrogens is 5. The Morgan fingerprint density at radius 2 is 2.09 bits per heavy atom. The van der Waals surface area contributed by atoms with Crippen LogP contribution in [0, 0.1) is 0 Å². The normalized spacial score (nSPS) is 16.5. The van der Waals surface area contributed by atoms with Crippen LogP contribution in [0.3, 0.4) is 0 Å². The predicted molar refractivity (Wildman–Crippen MR) is 119 cm³/mol. The molecule has 4 aromatic rings. The van der Waals surface area contributed by atoms with Gasteiger partial charge in [-0.25, -0.2) is 4.98 Å². The number of anilines is 2. The van der Waals surface area contributed by atoms with Crippen LogP contribution in [0.5, 0.6) is 0 Å². The number of benzene rings is 1. The van der Waals surface area contributed by atoms with Crippen molar-refractivity contribution in [2.75, 3.05) is 30.0 Å². The number of nitrogens with one attached hydrogen (secondary N) is 2. The fourth-order valence-corrected chi connectivity index (χ4v) is 3.91. The number of alkyl halides is 2. The van der Waals surface area contributed by atoms with E-state index in [9.17, 15) is 13.6 Å². The number of pyridine rings is 1. The summed E-state index contributed by atoms with van der Waals surface area (Å²) in [6.07, 6.45) is 0.303. The molecule has 0 saturated carbocycles. The van der Waals surface area contributed by atoms with E-state index in [0.717, 1.165) is 22.3 Å². The summed E-state index contributed by atoms with van der Waals surface area (Å²) in [6.45, 7) is 4.00. The fourth-order valence-electron chi connectivity index (χ4n) is 3.91. The van der Waals surface area contributed by atoms with Crippen LogP contribution in [-0.4, -0.2) is 63.1 Å². The van der Waals surface area contributed by atoms with Gasteiger partial charge in [0.1, 0.15) is 5.82 Å². The van der Waals surface area contributed by atoms with Crippen molar-refractivity contribution >= 4 is 28.4 Å². The Morgan fingerprint density at radius 1 is 1.27 bits per heavy atom. The van der Waals surface area contributed by atoms with Crippen molar-refractivity contribution in [1.29, 1.82) is 0 Å². The average molecular weight is 453 g/mol. The van der Waals surface area contributed by atoms with Gasteiger partial charge in [0.05, 0.1) is 31.6 Å². The van der Waals surface area contributed by atoms with Crippen LogP contribution in [0.2, 0.25) is 0 Å². The van der Waals surface area contributed by atoms with Gasteiger partial charge in [0.15, 0.2) is 11.5 Å². The summed E-state index contributed by atoms with van der Waals surface area (Å²) >= 11 is 0. The van der Waals surface area contributed by atoms with Crippen molar-refractivity contribution in [3.63, 3.8) is 0 Å². The molecule has 1 atom stereocenters. The van der Waals surface area contributed by atoms with Gasteiger partial charge in [-0.3, -0.25) is 9.89 Å². The summed E-state index contributed by atoms with van der Waals surface area (Å²) in [6, 6.07) is 10.7. The number of rotatable bonds is 5. The number of ether oxygens (including phenoxy) is 1. The number of halogens is 2. The van der Waals surface area contributed by atoms with Crippen LogP contribution in [0.4, 0.5) is 20.3 Å². The molecule has 0 aliphatic carbocycles. The van der Waals surface area contributed by atoms with Crippen LogP contribution >= 0.6 is 0 Å². The summed E-state index contributed by atoms with van der Waals surface area (Å²) in [5.74, 6) is 0.129. The first-order valence-corrected chi connectivity index (χ1v) is 10.4. The highest BCUT2D eigenvalue weighted by molar-refractivity contribution is 5.96. The first-order chi connectivity index (χ1) is 16.0. The van der Waals surface area contributed by atoms with Gasteiger partial charge in [-0.2, -0.15) is 23.7 Å². The van der Waals surface area contributed by atoms with E-state index in [0.29, 0.717) is 36.9 Å². The van der Waals surface area contributed by atoms with Gasteiger partial charge in [-0.1, -0.05) is 12.1 Å². The zero-order valence-corrected chi connectivity index (χ0v) is 17.7. The van der Waals surface area contributed by atoms with E-state index < -0.39 is 12.3 Å². The molecule has 1 aromatic carbocycles. The lowest BCUT2D eigenvalue weighted by Gasteiger charge is -2.34. The monoisotopic (exact) mass is 453 g/mol. The van der Waals surface area contributed by atoms with E-state index in [1.807, 2.05) is 6.07 Å². The van der Waals surface area contributed by atoms with Crippen LogP contribution in [0.15, 0.2) is 48.8 Å². The minimum atomic E-state index is -3.07. The summed E-state index contributed by atoms with van der Waals surface area (Å²) < 4.78 is 32.4. The molecule has 33 heavy (non-hydrogen) atoms. The van der Waals surface area contributed by atoms with Crippen LogP contribution in [0.1, 0.15) is 6.92 Å². The standard InChI is InChI=1S/C22H21F2N7O2/c1-13-12-33-9-8-30(13)19-10-16(14-2-4-15(5-3-14)27-22(32)20(23)24)17-11-26-31(21(17)28-19)18-6-7-25-29-18/h2-7,10-11,13,20H,8-9,12H2,1H3,(H,25,29)(H,27,32)/t13-/m1/s1. The maximum atomic E-state index is 12.6. The number of H-pyrrole nitrogens is 1. The second kappa shape index (κ2) is 8.58. The molecule has 1 fully saturated rings. The summed E-state index contributed by atoms with van der Waals surface area (Å²) in [5.41, 5.74) is 2.67. The predicted octanol–water partition coefficient (Wildman–Crippen LogP) is 3.24. The number of hydrogen-bond donors (Lipinski definition) is 2. The molecule has 11 heteroatoms. The van der Waals surface area contributed by atoms with Crippen LogP contribution in [-0.2, 0) is 9.53 Å². The Kier molecular flexibility index (Phi) is 5.47. The number of amides is 1. The second-order valence-corrected chi connectivity index (χ2v) is 7.75. The summed E-state index contributed by atoms with van der Waals surface area (Å²) in [5, 5.41) is 14.4. The number of fused-ring (bicyclic) bond motifs is 1. The van der Waals surface area contributed by atoms with E-state index >= 15 is 0 Å². The van der Waals surface area contributed by atoms with Crippen molar-refractivity contribution in [3.8, 4) is 16.9 Å². The molecule has 0 bridgehead atoms. The molecule has 1 aliphatic rings. The lowest BCUT2D eigenvalue weighted by molar-refractivity contribution is -0.126. The molecule has 170 valence electrons. The van der Waals surface area contributed by atoms with E-state index in [1.54, 1.807) is 47.4 Å². The molecule has 4 heterocycles. The second-order valence-electron chi connectivity index (χ2n) is 7.75. The van der Waals surface area contributed by atoms with E-state index in [1.165, 1.54) is 0 Å². The smallest absolute Gasteiger partial charge is 0.315 e. The van der Waals surface area contributed by atoms with Gasteiger partial charge >= 0.3 is 6.43 Å². The van der Waals surface area contributed by atoms with Crippen molar-refractivity contribution < 1.29 is 18.3 Å². The third-order valence-electron chi connectivity index (χ3n) is 5.57. The zero-order valence-electron chi connectivity index (χ0n) is 17.7. The van der Waals surface area contributed by atoms with Gasteiger partial charge in [0.25, 0.3) is 5.91 Å². The van der Waals surface area contributed by atoms with E-state index in [4.69, 9.17) is 9.72 Å². The number of morpholine rings is 1. The number of hydrogen-bond acceptors (Lipinski definition) is 6. The molecule has 1 saturated heterocycles. The van der Waals surface area contributed by atoms with Gasteiger partial charge in [-0.05, 0) is 36.2 Å². The zero-order chi connectivity index (χ0) is 22.9. The average Bonchev–Trinajstić information content (AvgIpc) is 3.49. The lowest BCUT2D eigenvalue weighted by Crippen LogP contribution is -2.44. The van der Waals surface area contributed by atoms with Crippen LogP contribution in [0.25, 0.3) is 28.0 Å². The van der Waals surface area contributed by atoms with Crippen molar-refractivity contribution in [2.24, 2.45) is 0 Å². The number of carbonyl (C=O) groups excluding carboxylic acids is 1. The number of carbonyl (C=O) groups is 1. The van der Waals surface area contributed by atoms with Gasteiger partial charge in [0, 0.05) is 23.7 Å². The highest BCUT2D eigenvalue weighted by Crippen LogP contribution is 2.33. The summed E-state index contributed by atoms with van der Waals surface area (Å²) in [7, 11) is 0. The first-order valence-electron chi connectivity index (χ1n) is 10.4. The number of nitrogens with zero attached hydrogens (tertiary/aromatic N) is 5. The molecule has 3 aromatic heterocycles. The minimum Gasteiger partial charge on any atom is -0.377 e. The first kappa shape index (κ1) is 21.0. The summed E-state index contributed by atoms with van der Waals surface area (Å²) in [4.78, 5) is 18.4. The molecule has 5 rings (SSSR count). The Hall–Kier alpha value is -3.86. The third-order valence-corrected chi connectivity index (χ3v) is 5.57. The minimum absolute atomic E-state index is 0.145. The Morgan fingerprint density at radius 3 is 2.79 bits per heavy atom. The molecule has 9 nitrogen and oxygen atoms in total. The highest BCUT2D eigenvalue weighted by Gasteiger charge is 2.23. The molecule has 0 spiro atoms. The molecule has 0 unspecified atom stereocenters. The molecule has 0 radical (unpaired) electrons. The Bertz CT molecular complexity index is 1270. The van der Waals surface area contributed by atoms with Gasteiger partial charge in [-0.15, -0.1) is 0 Å². The molecule has 1 amide bonds. The largest absolute Gasteiger partial charge is 0.377 e. The number of aromatic amines is 1.